The molecule has 1 saturated heterocycles. The molecule has 1 aliphatic rings. The van der Waals surface area contributed by atoms with Gasteiger partial charge in [-0.3, -0.25) is 4.40 Å². The van der Waals surface area contributed by atoms with Gasteiger partial charge in [-0.05, 0) is 0 Å². The van der Waals surface area contributed by atoms with E-state index in [4.69, 9.17) is 9.72 Å². The standard InChI is InChI=1S/C21H16N6O/c22-7-6-16-17(12-23)20-25-19(15-4-2-1-3-5-15)14-27(20)21(18(16)13-24)26-8-10-28-11-9-26/h1-5,14H,6,8-11H2. The molecule has 1 fully saturated rings. The lowest BCUT2D eigenvalue weighted by molar-refractivity contribution is 0.122. The summed E-state index contributed by atoms with van der Waals surface area (Å²) in [7, 11) is 0. The number of imidazole rings is 1. The van der Waals surface area contributed by atoms with E-state index in [1.54, 1.807) is 0 Å². The van der Waals surface area contributed by atoms with E-state index < -0.39 is 0 Å². The highest BCUT2D eigenvalue weighted by atomic mass is 16.5. The molecule has 0 spiro atoms. The summed E-state index contributed by atoms with van der Waals surface area (Å²) >= 11 is 0. The molecule has 1 aliphatic heterocycles. The zero-order valence-corrected chi connectivity index (χ0v) is 15.1. The maximum atomic E-state index is 9.90. The number of pyridine rings is 1. The van der Waals surface area contributed by atoms with Crippen LogP contribution in [0.2, 0.25) is 0 Å². The molecule has 3 aromatic rings. The van der Waals surface area contributed by atoms with Crippen molar-refractivity contribution in [2.24, 2.45) is 0 Å². The first-order valence-electron chi connectivity index (χ1n) is 8.91. The molecule has 1 aromatic carbocycles. The minimum absolute atomic E-state index is 0.0207. The Morgan fingerprint density at radius 2 is 1.71 bits per heavy atom. The monoisotopic (exact) mass is 368 g/mol. The van der Waals surface area contributed by atoms with Gasteiger partial charge >= 0.3 is 0 Å². The fraction of sp³-hybridized carbons (Fsp3) is 0.238. The number of anilines is 1. The summed E-state index contributed by atoms with van der Waals surface area (Å²) in [5.41, 5.74) is 3.16. The van der Waals surface area contributed by atoms with E-state index in [1.807, 2.05) is 40.9 Å². The molecule has 7 heteroatoms. The lowest BCUT2D eigenvalue weighted by Crippen LogP contribution is -2.38. The third kappa shape index (κ3) is 2.83. The Hall–Kier alpha value is -3.86. The second kappa shape index (κ2) is 7.40. The van der Waals surface area contributed by atoms with E-state index in [9.17, 15) is 15.8 Å². The first kappa shape index (κ1) is 17.5. The summed E-state index contributed by atoms with van der Waals surface area (Å²) in [6.45, 7) is 2.36. The smallest absolute Gasteiger partial charge is 0.157 e. The largest absolute Gasteiger partial charge is 0.378 e. The van der Waals surface area contributed by atoms with Crippen LogP contribution >= 0.6 is 0 Å². The Bertz CT molecular complexity index is 1150. The molecule has 3 heterocycles. The number of hydrogen-bond acceptors (Lipinski definition) is 6. The molecule has 28 heavy (non-hydrogen) atoms. The number of ether oxygens (including phenoxy) is 1. The third-order valence-corrected chi connectivity index (χ3v) is 4.84. The van der Waals surface area contributed by atoms with Crippen LogP contribution in [-0.2, 0) is 11.2 Å². The van der Waals surface area contributed by atoms with Crippen molar-refractivity contribution in [2.75, 3.05) is 31.2 Å². The number of nitrogens with zero attached hydrogens (tertiary/aromatic N) is 6. The molecule has 0 radical (unpaired) electrons. The van der Waals surface area contributed by atoms with Gasteiger partial charge in [0.05, 0.1) is 37.0 Å². The van der Waals surface area contributed by atoms with Crippen molar-refractivity contribution in [3.63, 3.8) is 0 Å². The predicted octanol–water partition coefficient (Wildman–Crippen LogP) is 2.65. The number of fused-ring (bicyclic) bond motifs is 1. The molecule has 0 amide bonds. The van der Waals surface area contributed by atoms with Crippen LogP contribution in [0.25, 0.3) is 16.9 Å². The Balaban J connectivity index is 2.06. The molecule has 0 unspecified atom stereocenters. The van der Waals surface area contributed by atoms with E-state index in [-0.39, 0.29) is 12.0 Å². The van der Waals surface area contributed by atoms with Gasteiger partial charge in [-0.25, -0.2) is 4.98 Å². The first-order chi connectivity index (χ1) is 13.8. The minimum atomic E-state index is -0.0207. The molecule has 7 nitrogen and oxygen atoms in total. The lowest BCUT2D eigenvalue weighted by atomic mass is 10.0. The van der Waals surface area contributed by atoms with E-state index in [1.165, 1.54) is 0 Å². The Morgan fingerprint density at radius 3 is 2.36 bits per heavy atom. The number of hydrogen-bond donors (Lipinski definition) is 0. The Morgan fingerprint density at radius 1 is 1.00 bits per heavy atom. The van der Waals surface area contributed by atoms with Gasteiger partial charge in [-0.1, -0.05) is 30.3 Å². The fourth-order valence-electron chi connectivity index (χ4n) is 3.56. The van der Waals surface area contributed by atoms with Crippen molar-refractivity contribution in [3.8, 4) is 29.5 Å². The van der Waals surface area contributed by atoms with Crippen LogP contribution in [0, 0.1) is 34.0 Å². The van der Waals surface area contributed by atoms with Crippen LogP contribution in [0.1, 0.15) is 16.7 Å². The average Bonchev–Trinajstić information content (AvgIpc) is 3.19. The van der Waals surface area contributed by atoms with Crippen LogP contribution in [0.5, 0.6) is 0 Å². The van der Waals surface area contributed by atoms with Gasteiger partial charge in [0.2, 0.25) is 0 Å². The normalized spacial score (nSPS) is 13.7. The highest BCUT2D eigenvalue weighted by molar-refractivity contribution is 5.76. The van der Waals surface area contributed by atoms with E-state index >= 15 is 0 Å². The van der Waals surface area contributed by atoms with Crippen molar-refractivity contribution >= 4 is 11.5 Å². The summed E-state index contributed by atoms with van der Waals surface area (Å²) in [5, 5.41) is 29.0. The second-order valence-electron chi connectivity index (χ2n) is 6.40. The molecule has 0 aliphatic carbocycles. The molecule has 136 valence electrons. The van der Waals surface area contributed by atoms with Gasteiger partial charge in [-0.15, -0.1) is 0 Å². The van der Waals surface area contributed by atoms with Gasteiger partial charge in [-0.2, -0.15) is 15.8 Å². The van der Waals surface area contributed by atoms with Crippen LogP contribution in [0.15, 0.2) is 36.5 Å². The third-order valence-electron chi connectivity index (χ3n) is 4.84. The summed E-state index contributed by atoms with van der Waals surface area (Å²) in [6, 6.07) is 16.2. The highest BCUT2D eigenvalue weighted by Crippen LogP contribution is 2.32. The molecule has 0 saturated carbocycles. The number of morpholine rings is 1. The SMILES string of the molecule is N#CCc1c(C#N)c(N2CCOCC2)n2cc(-c3ccccc3)nc2c1C#N. The molecular weight excluding hydrogens is 352 g/mol. The summed E-state index contributed by atoms with van der Waals surface area (Å²) in [4.78, 5) is 6.75. The Kier molecular flexibility index (Phi) is 4.64. The number of rotatable bonds is 3. The van der Waals surface area contributed by atoms with Gasteiger partial charge in [0, 0.05) is 30.4 Å². The molecule has 0 N–H and O–H groups in total. The molecule has 4 rings (SSSR count). The summed E-state index contributed by atoms with van der Waals surface area (Å²) in [6.07, 6.45) is 1.83. The van der Waals surface area contributed by atoms with Gasteiger partial charge in [0.15, 0.2) is 5.65 Å². The first-order valence-corrected chi connectivity index (χ1v) is 8.91. The van der Waals surface area contributed by atoms with Crippen molar-refractivity contribution in [2.45, 2.75) is 6.42 Å². The minimum Gasteiger partial charge on any atom is -0.378 e. The van der Waals surface area contributed by atoms with Crippen molar-refractivity contribution in [3.05, 3.63) is 53.2 Å². The molecular formula is C21H16N6O. The lowest BCUT2D eigenvalue weighted by Gasteiger charge is -2.30. The summed E-state index contributed by atoms with van der Waals surface area (Å²) in [5.74, 6) is 0.666. The van der Waals surface area contributed by atoms with E-state index in [0.717, 1.165) is 5.56 Å². The number of aromatic nitrogens is 2. The maximum absolute atomic E-state index is 9.90. The molecule has 0 atom stereocenters. The second-order valence-corrected chi connectivity index (χ2v) is 6.40. The van der Waals surface area contributed by atoms with Crippen LogP contribution in [0.3, 0.4) is 0 Å². The van der Waals surface area contributed by atoms with Crippen LogP contribution < -0.4 is 4.90 Å². The topological polar surface area (TPSA) is 101 Å². The average molecular weight is 368 g/mol. The van der Waals surface area contributed by atoms with Crippen molar-refractivity contribution in [1.29, 1.82) is 15.8 Å². The fourth-order valence-corrected chi connectivity index (χ4v) is 3.56. The van der Waals surface area contributed by atoms with E-state index in [2.05, 4.69) is 23.1 Å². The number of nitriles is 3. The molecule has 0 bridgehead atoms. The Labute approximate surface area is 162 Å². The van der Waals surface area contributed by atoms with Gasteiger partial charge < -0.3 is 9.64 Å². The number of benzene rings is 1. The van der Waals surface area contributed by atoms with Crippen LogP contribution in [-0.4, -0.2) is 35.7 Å². The van der Waals surface area contributed by atoms with Crippen LogP contribution in [0.4, 0.5) is 5.82 Å². The highest BCUT2D eigenvalue weighted by Gasteiger charge is 2.26. The van der Waals surface area contributed by atoms with Crippen molar-refractivity contribution in [1.82, 2.24) is 9.38 Å². The summed E-state index contributed by atoms with van der Waals surface area (Å²) < 4.78 is 7.26. The maximum Gasteiger partial charge on any atom is 0.157 e. The van der Waals surface area contributed by atoms with Gasteiger partial charge in [0.25, 0.3) is 0 Å². The zero-order valence-electron chi connectivity index (χ0n) is 15.1. The van der Waals surface area contributed by atoms with E-state index in [0.29, 0.717) is 54.6 Å². The van der Waals surface area contributed by atoms with Crippen molar-refractivity contribution < 1.29 is 4.74 Å². The van der Waals surface area contributed by atoms with Gasteiger partial charge in [0.1, 0.15) is 23.5 Å². The quantitative estimate of drug-likeness (QED) is 0.704. The molecule has 2 aromatic heterocycles. The predicted molar refractivity (Wildman–Crippen MR) is 102 cm³/mol. The zero-order chi connectivity index (χ0) is 19.5.